The Morgan fingerprint density at radius 1 is 1.57 bits per heavy atom. The number of nitrogens with one attached hydrogen (secondary N) is 1. The normalized spacial score (nSPS) is 12.1. The van der Waals surface area contributed by atoms with Crippen molar-refractivity contribution in [3.8, 4) is 0 Å². The lowest BCUT2D eigenvalue weighted by Crippen LogP contribution is -2.04. The van der Waals surface area contributed by atoms with Gasteiger partial charge in [0.25, 0.3) is 17.0 Å². The summed E-state index contributed by atoms with van der Waals surface area (Å²) in [7, 11) is 0. The smallest absolute Gasteiger partial charge is 0.289 e. The lowest BCUT2D eigenvalue weighted by Gasteiger charge is -2.02. The van der Waals surface area contributed by atoms with Gasteiger partial charge in [-0.05, 0) is 12.1 Å². The summed E-state index contributed by atoms with van der Waals surface area (Å²) >= 11 is 3.20. The number of halogens is 1. The third-order valence-electron chi connectivity index (χ3n) is 1.35. The van der Waals surface area contributed by atoms with E-state index in [0.29, 0.717) is 0 Å². The molecule has 1 aromatic carbocycles. The molecule has 6 nitrogen and oxygen atoms in total. The maximum absolute atomic E-state index is 10.5. The van der Waals surface area contributed by atoms with Gasteiger partial charge in [0.1, 0.15) is 5.69 Å². The molecule has 14 heavy (non-hydrogen) atoms. The lowest BCUT2D eigenvalue weighted by atomic mass is 10.3. The number of rotatable bonds is 3. The van der Waals surface area contributed by atoms with Crippen molar-refractivity contribution in [2.24, 2.45) is 0 Å². The standard InChI is InChI=1S/C6H5ClN2O4S/c7-4-1-2-6(9(10)11)5(3-4)8-14(12)13/h1-3,8H,(H,12,13). The van der Waals surface area contributed by atoms with Crippen LogP contribution in [0.2, 0.25) is 5.02 Å². The Labute approximate surface area is 86.5 Å². The molecular weight excluding hydrogens is 232 g/mol. The molecule has 0 aromatic heterocycles. The van der Waals surface area contributed by atoms with Gasteiger partial charge in [0.2, 0.25) is 0 Å². The predicted octanol–water partition coefficient (Wildman–Crippen LogP) is 1.80. The highest BCUT2D eigenvalue weighted by Gasteiger charge is 2.14. The van der Waals surface area contributed by atoms with Crippen LogP contribution in [0.25, 0.3) is 0 Å². The number of nitro benzene ring substituents is 1. The van der Waals surface area contributed by atoms with Gasteiger partial charge in [0.05, 0.1) is 4.92 Å². The Morgan fingerprint density at radius 2 is 2.21 bits per heavy atom. The highest BCUT2D eigenvalue weighted by atomic mass is 35.5. The molecule has 0 aliphatic heterocycles. The molecule has 1 aromatic rings. The van der Waals surface area contributed by atoms with Crippen LogP contribution in [0.15, 0.2) is 18.2 Å². The third kappa shape index (κ3) is 2.66. The average Bonchev–Trinajstić information content (AvgIpc) is 2.01. The monoisotopic (exact) mass is 236 g/mol. The highest BCUT2D eigenvalue weighted by molar-refractivity contribution is 7.80. The van der Waals surface area contributed by atoms with Crippen molar-refractivity contribution in [1.29, 1.82) is 0 Å². The molecule has 0 saturated heterocycles. The second-order valence-corrected chi connectivity index (χ2v) is 3.41. The zero-order valence-electron chi connectivity index (χ0n) is 6.64. The van der Waals surface area contributed by atoms with Crippen molar-refractivity contribution in [1.82, 2.24) is 0 Å². The Kier molecular flexibility index (Phi) is 3.39. The molecule has 0 saturated carbocycles. The van der Waals surface area contributed by atoms with Crippen LogP contribution in [-0.2, 0) is 11.3 Å². The number of hydrogen-bond acceptors (Lipinski definition) is 3. The summed E-state index contributed by atoms with van der Waals surface area (Å²) in [5.74, 6) is 0. The van der Waals surface area contributed by atoms with Crippen LogP contribution in [0, 0.1) is 10.1 Å². The van der Waals surface area contributed by atoms with Crippen molar-refractivity contribution in [3.05, 3.63) is 33.3 Å². The van der Waals surface area contributed by atoms with E-state index >= 15 is 0 Å². The van der Waals surface area contributed by atoms with Gasteiger partial charge < -0.3 is 0 Å². The van der Waals surface area contributed by atoms with Crippen LogP contribution >= 0.6 is 11.6 Å². The molecule has 1 rings (SSSR count). The van der Waals surface area contributed by atoms with Crippen LogP contribution in [0.4, 0.5) is 11.4 Å². The maximum Gasteiger partial charge on any atom is 0.293 e. The first-order valence-electron chi connectivity index (χ1n) is 3.32. The van der Waals surface area contributed by atoms with Crippen molar-refractivity contribution >= 4 is 34.2 Å². The number of benzene rings is 1. The SMILES string of the molecule is O=[N+]([O-])c1ccc(Cl)cc1NS(=O)O. The zero-order valence-corrected chi connectivity index (χ0v) is 8.21. The van der Waals surface area contributed by atoms with Gasteiger partial charge >= 0.3 is 0 Å². The molecule has 0 spiro atoms. The summed E-state index contributed by atoms with van der Waals surface area (Å²) < 4.78 is 20.9. The molecule has 1 atom stereocenters. The Balaban J connectivity index is 3.15. The minimum Gasteiger partial charge on any atom is -0.289 e. The molecule has 2 N–H and O–H groups in total. The number of hydrogen-bond donors (Lipinski definition) is 2. The van der Waals surface area contributed by atoms with Crippen LogP contribution in [0.3, 0.4) is 0 Å². The number of nitrogens with zero attached hydrogens (tertiary/aromatic N) is 1. The first-order chi connectivity index (χ1) is 6.50. The average molecular weight is 237 g/mol. The van der Waals surface area contributed by atoms with E-state index in [4.69, 9.17) is 16.2 Å². The molecule has 0 heterocycles. The van der Waals surface area contributed by atoms with Crippen molar-refractivity contribution < 1.29 is 13.7 Å². The summed E-state index contributed by atoms with van der Waals surface area (Å²) in [6, 6.07) is 3.68. The summed E-state index contributed by atoms with van der Waals surface area (Å²) in [6.45, 7) is 0. The minimum absolute atomic E-state index is 0.0941. The van der Waals surface area contributed by atoms with Crippen molar-refractivity contribution in [3.63, 3.8) is 0 Å². The van der Waals surface area contributed by atoms with E-state index in [1.807, 2.05) is 4.72 Å². The van der Waals surface area contributed by atoms with Crippen LogP contribution in [-0.4, -0.2) is 13.7 Å². The summed E-state index contributed by atoms with van der Waals surface area (Å²) in [6.07, 6.45) is 0. The summed E-state index contributed by atoms with van der Waals surface area (Å²) in [5, 5.41) is 10.7. The highest BCUT2D eigenvalue weighted by Crippen LogP contribution is 2.27. The van der Waals surface area contributed by atoms with Crippen LogP contribution in [0.5, 0.6) is 0 Å². The Hall–Kier alpha value is -1.18. The molecular formula is C6H5ClN2O4S. The van der Waals surface area contributed by atoms with E-state index in [-0.39, 0.29) is 16.4 Å². The third-order valence-corrected chi connectivity index (χ3v) is 1.98. The minimum atomic E-state index is -2.36. The topological polar surface area (TPSA) is 92.5 Å². The lowest BCUT2D eigenvalue weighted by molar-refractivity contribution is -0.383. The summed E-state index contributed by atoms with van der Waals surface area (Å²) in [4.78, 5) is 9.78. The van der Waals surface area contributed by atoms with Gasteiger partial charge in [-0.15, -0.1) is 0 Å². The molecule has 0 aliphatic carbocycles. The second-order valence-electron chi connectivity index (χ2n) is 2.27. The van der Waals surface area contributed by atoms with Gasteiger partial charge in [-0.2, -0.15) is 0 Å². The molecule has 0 radical (unpaired) electrons. The van der Waals surface area contributed by atoms with E-state index in [1.54, 1.807) is 0 Å². The fourth-order valence-corrected chi connectivity index (χ4v) is 1.37. The van der Waals surface area contributed by atoms with E-state index in [9.17, 15) is 14.3 Å². The van der Waals surface area contributed by atoms with Gasteiger partial charge in [-0.1, -0.05) is 11.6 Å². The van der Waals surface area contributed by atoms with Gasteiger partial charge in [-0.3, -0.25) is 19.4 Å². The van der Waals surface area contributed by atoms with Crippen LogP contribution < -0.4 is 4.72 Å². The van der Waals surface area contributed by atoms with E-state index in [1.165, 1.54) is 12.1 Å². The van der Waals surface area contributed by atoms with Gasteiger partial charge in [0, 0.05) is 11.1 Å². The molecule has 8 heteroatoms. The van der Waals surface area contributed by atoms with Crippen molar-refractivity contribution in [2.75, 3.05) is 4.72 Å². The largest absolute Gasteiger partial charge is 0.293 e. The van der Waals surface area contributed by atoms with E-state index in [0.717, 1.165) is 6.07 Å². The molecule has 76 valence electrons. The van der Waals surface area contributed by atoms with Gasteiger partial charge in [-0.25, -0.2) is 4.21 Å². The quantitative estimate of drug-likeness (QED) is 0.475. The van der Waals surface area contributed by atoms with Gasteiger partial charge in [0.15, 0.2) is 0 Å². The number of anilines is 1. The molecule has 0 fully saturated rings. The van der Waals surface area contributed by atoms with Crippen molar-refractivity contribution in [2.45, 2.75) is 0 Å². The first-order valence-corrected chi connectivity index (χ1v) is 4.80. The zero-order chi connectivity index (χ0) is 10.7. The fraction of sp³-hybridized carbons (Fsp3) is 0. The van der Waals surface area contributed by atoms with Crippen LogP contribution in [0.1, 0.15) is 0 Å². The molecule has 0 bridgehead atoms. The van der Waals surface area contributed by atoms with E-state index in [2.05, 4.69) is 0 Å². The summed E-state index contributed by atoms with van der Waals surface area (Å²) in [5.41, 5.74) is -0.403. The maximum atomic E-state index is 10.5. The fourth-order valence-electron chi connectivity index (χ4n) is 0.843. The second kappa shape index (κ2) is 4.36. The Bertz CT molecular complexity index is 397. The predicted molar refractivity (Wildman–Crippen MR) is 52.5 cm³/mol. The number of nitro groups is 1. The molecule has 1 unspecified atom stereocenters. The molecule has 0 aliphatic rings. The Morgan fingerprint density at radius 3 is 2.71 bits per heavy atom. The first kappa shape index (κ1) is 10.9. The van der Waals surface area contributed by atoms with E-state index < -0.39 is 16.2 Å². The molecule has 0 amide bonds.